The first-order chi connectivity index (χ1) is 5.83. The van der Waals surface area contributed by atoms with E-state index in [-0.39, 0.29) is 5.75 Å². The van der Waals surface area contributed by atoms with Gasteiger partial charge in [0, 0.05) is 18.3 Å². The van der Waals surface area contributed by atoms with Crippen LogP contribution in [0, 0.1) is 11.3 Å². The first-order valence-corrected chi connectivity index (χ1v) is 3.73. The fourth-order valence-electron chi connectivity index (χ4n) is 0.879. The molecule has 62 valence electrons. The summed E-state index contributed by atoms with van der Waals surface area (Å²) >= 11 is 0. The Morgan fingerprint density at radius 1 is 1.50 bits per heavy atom. The summed E-state index contributed by atoms with van der Waals surface area (Å²) < 4.78 is 0. The van der Waals surface area contributed by atoms with E-state index < -0.39 is 0 Å². The van der Waals surface area contributed by atoms with Gasteiger partial charge < -0.3 is 10.4 Å². The Kier molecular flexibility index (Phi) is 2.97. The molecule has 0 unspecified atom stereocenters. The van der Waals surface area contributed by atoms with Gasteiger partial charge in [0.05, 0.1) is 12.5 Å². The van der Waals surface area contributed by atoms with Crippen molar-refractivity contribution in [1.29, 1.82) is 5.26 Å². The molecule has 3 heteroatoms. The van der Waals surface area contributed by atoms with Crippen molar-refractivity contribution in [1.82, 2.24) is 0 Å². The Bertz CT molecular complexity index is 291. The number of aromatic hydroxyl groups is 1. The summed E-state index contributed by atoms with van der Waals surface area (Å²) in [6.07, 6.45) is 0.468. The fourth-order valence-corrected chi connectivity index (χ4v) is 0.879. The average molecular weight is 162 g/mol. The van der Waals surface area contributed by atoms with Crippen LogP contribution in [0.3, 0.4) is 0 Å². The standard InChI is InChI=1S/C9H10N2O/c10-5-2-6-11-8-3-1-4-9(12)7-8/h1,3-4,7,11-12H,2,6H2. The van der Waals surface area contributed by atoms with Gasteiger partial charge in [0.15, 0.2) is 0 Å². The molecule has 0 aromatic heterocycles. The van der Waals surface area contributed by atoms with E-state index in [1.54, 1.807) is 18.2 Å². The van der Waals surface area contributed by atoms with E-state index in [0.29, 0.717) is 13.0 Å². The molecule has 2 N–H and O–H groups in total. The van der Waals surface area contributed by atoms with Crippen LogP contribution in [0.1, 0.15) is 6.42 Å². The molecular formula is C9H10N2O. The lowest BCUT2D eigenvalue weighted by Crippen LogP contribution is -1.99. The summed E-state index contributed by atoms with van der Waals surface area (Å²) in [5, 5.41) is 20.3. The molecule has 0 saturated carbocycles. The predicted molar refractivity (Wildman–Crippen MR) is 46.8 cm³/mol. The lowest BCUT2D eigenvalue weighted by molar-refractivity contribution is 0.475. The molecule has 1 aromatic carbocycles. The van der Waals surface area contributed by atoms with Crippen LogP contribution in [0.5, 0.6) is 5.75 Å². The maximum atomic E-state index is 9.06. The summed E-state index contributed by atoms with van der Waals surface area (Å²) in [6, 6.07) is 8.85. The molecule has 0 amide bonds. The highest BCUT2D eigenvalue weighted by atomic mass is 16.3. The van der Waals surface area contributed by atoms with E-state index in [1.165, 1.54) is 0 Å². The quantitative estimate of drug-likeness (QED) is 0.665. The number of nitrogens with zero attached hydrogens (tertiary/aromatic N) is 1. The molecule has 0 bridgehead atoms. The zero-order valence-electron chi connectivity index (χ0n) is 6.62. The van der Waals surface area contributed by atoms with E-state index in [9.17, 15) is 0 Å². The van der Waals surface area contributed by atoms with Crippen molar-refractivity contribution in [2.45, 2.75) is 6.42 Å². The van der Waals surface area contributed by atoms with Gasteiger partial charge in [0.2, 0.25) is 0 Å². The third kappa shape index (κ3) is 2.51. The van der Waals surface area contributed by atoms with Gasteiger partial charge in [0.1, 0.15) is 5.75 Å². The average Bonchev–Trinajstić information content (AvgIpc) is 2.05. The molecule has 0 heterocycles. The van der Waals surface area contributed by atoms with Crippen LogP contribution in [0.15, 0.2) is 24.3 Å². The summed E-state index contributed by atoms with van der Waals surface area (Å²) in [6.45, 7) is 0.611. The molecule has 3 nitrogen and oxygen atoms in total. The van der Waals surface area contributed by atoms with Crippen LogP contribution >= 0.6 is 0 Å². The van der Waals surface area contributed by atoms with Crippen molar-refractivity contribution in [3.63, 3.8) is 0 Å². The van der Waals surface area contributed by atoms with Gasteiger partial charge in [-0.15, -0.1) is 0 Å². The number of anilines is 1. The van der Waals surface area contributed by atoms with Crippen molar-refractivity contribution in [3.05, 3.63) is 24.3 Å². The number of phenols is 1. The highest BCUT2D eigenvalue weighted by Gasteiger charge is 1.91. The molecule has 0 aliphatic rings. The van der Waals surface area contributed by atoms with Crippen LogP contribution in [0.4, 0.5) is 5.69 Å². The molecule has 0 saturated heterocycles. The van der Waals surface area contributed by atoms with Gasteiger partial charge >= 0.3 is 0 Å². The number of nitriles is 1. The van der Waals surface area contributed by atoms with Gasteiger partial charge in [-0.2, -0.15) is 5.26 Å². The minimum absolute atomic E-state index is 0.233. The Morgan fingerprint density at radius 2 is 2.33 bits per heavy atom. The second kappa shape index (κ2) is 4.24. The third-order valence-electron chi connectivity index (χ3n) is 1.41. The van der Waals surface area contributed by atoms with Crippen LogP contribution in [0.25, 0.3) is 0 Å². The highest BCUT2D eigenvalue weighted by Crippen LogP contribution is 2.14. The van der Waals surface area contributed by atoms with Crippen molar-refractivity contribution < 1.29 is 5.11 Å². The van der Waals surface area contributed by atoms with Crippen LogP contribution in [0.2, 0.25) is 0 Å². The summed E-state index contributed by atoms with van der Waals surface area (Å²) in [5.74, 6) is 0.233. The Hall–Kier alpha value is -1.69. The molecule has 0 atom stereocenters. The smallest absolute Gasteiger partial charge is 0.117 e. The zero-order chi connectivity index (χ0) is 8.81. The summed E-state index contributed by atoms with van der Waals surface area (Å²) in [4.78, 5) is 0. The number of rotatable bonds is 3. The van der Waals surface area contributed by atoms with Crippen molar-refractivity contribution in [2.75, 3.05) is 11.9 Å². The van der Waals surface area contributed by atoms with E-state index in [1.807, 2.05) is 12.1 Å². The van der Waals surface area contributed by atoms with Crippen molar-refractivity contribution in [2.24, 2.45) is 0 Å². The fraction of sp³-hybridized carbons (Fsp3) is 0.222. The number of phenolic OH excluding ortho intramolecular Hbond substituents is 1. The second-order valence-electron chi connectivity index (χ2n) is 2.39. The minimum Gasteiger partial charge on any atom is -0.508 e. The molecule has 1 aromatic rings. The van der Waals surface area contributed by atoms with Gasteiger partial charge in [-0.3, -0.25) is 0 Å². The molecule has 0 radical (unpaired) electrons. The van der Waals surface area contributed by atoms with E-state index >= 15 is 0 Å². The monoisotopic (exact) mass is 162 g/mol. The molecule has 0 spiro atoms. The van der Waals surface area contributed by atoms with Crippen LogP contribution in [-0.4, -0.2) is 11.7 Å². The second-order valence-corrected chi connectivity index (χ2v) is 2.39. The predicted octanol–water partition coefficient (Wildman–Crippen LogP) is 1.72. The molecular weight excluding hydrogens is 152 g/mol. The van der Waals surface area contributed by atoms with Gasteiger partial charge in [-0.05, 0) is 12.1 Å². The van der Waals surface area contributed by atoms with Gasteiger partial charge in [0.25, 0.3) is 0 Å². The minimum atomic E-state index is 0.233. The Morgan fingerprint density at radius 3 is 3.00 bits per heavy atom. The summed E-state index contributed by atoms with van der Waals surface area (Å²) in [7, 11) is 0. The maximum absolute atomic E-state index is 9.06. The zero-order valence-corrected chi connectivity index (χ0v) is 6.62. The number of nitrogens with one attached hydrogen (secondary N) is 1. The van der Waals surface area contributed by atoms with Crippen molar-refractivity contribution in [3.8, 4) is 11.8 Å². The molecule has 12 heavy (non-hydrogen) atoms. The highest BCUT2D eigenvalue weighted by molar-refractivity contribution is 5.47. The normalized spacial score (nSPS) is 8.92. The lowest BCUT2D eigenvalue weighted by Gasteiger charge is -2.02. The van der Waals surface area contributed by atoms with E-state index in [4.69, 9.17) is 10.4 Å². The Labute approximate surface area is 71.3 Å². The van der Waals surface area contributed by atoms with E-state index in [2.05, 4.69) is 5.32 Å². The van der Waals surface area contributed by atoms with E-state index in [0.717, 1.165) is 5.69 Å². The molecule has 1 rings (SSSR count). The lowest BCUT2D eigenvalue weighted by atomic mass is 10.3. The topological polar surface area (TPSA) is 56.0 Å². The summed E-state index contributed by atoms with van der Waals surface area (Å²) in [5.41, 5.74) is 0.838. The van der Waals surface area contributed by atoms with Crippen LogP contribution in [-0.2, 0) is 0 Å². The van der Waals surface area contributed by atoms with Gasteiger partial charge in [-0.25, -0.2) is 0 Å². The largest absolute Gasteiger partial charge is 0.508 e. The van der Waals surface area contributed by atoms with Gasteiger partial charge in [-0.1, -0.05) is 6.07 Å². The number of hydrogen-bond donors (Lipinski definition) is 2. The SMILES string of the molecule is N#CCCNc1cccc(O)c1. The first kappa shape index (κ1) is 8.41. The third-order valence-corrected chi connectivity index (χ3v) is 1.41. The first-order valence-electron chi connectivity index (χ1n) is 3.73. The number of benzene rings is 1. The number of hydrogen-bond acceptors (Lipinski definition) is 3. The Balaban J connectivity index is 2.48. The molecule has 0 aliphatic carbocycles. The van der Waals surface area contributed by atoms with Crippen molar-refractivity contribution >= 4 is 5.69 Å². The van der Waals surface area contributed by atoms with Crippen LogP contribution < -0.4 is 5.32 Å². The molecule has 0 fully saturated rings. The maximum Gasteiger partial charge on any atom is 0.117 e. The molecule has 0 aliphatic heterocycles.